The van der Waals surface area contributed by atoms with E-state index in [2.05, 4.69) is 35.1 Å². The molecule has 2 aromatic rings. The minimum Gasteiger partial charge on any atom is -0.478 e. The van der Waals surface area contributed by atoms with Gasteiger partial charge in [-0.05, 0) is 36.9 Å². The standard InChI is InChI=1S/C19H18ClFN2S.C4H4O4/c1-22-6-8-23(9-7-22)17-10-13-4-2-3-5-18(13)24-19-12-16(21)15(20)11-14(17)19;5-3(6)1-2-4(7)8/h2-5,10-12H,6-9H2,1H3;1-2H,(H,5,6)(H,7,8)/b;2-1+. The summed E-state index contributed by atoms with van der Waals surface area (Å²) in [5.41, 5.74) is 3.33. The zero-order valence-electron chi connectivity index (χ0n) is 17.3. The largest absolute Gasteiger partial charge is 0.478 e. The zero-order chi connectivity index (χ0) is 23.3. The summed E-state index contributed by atoms with van der Waals surface area (Å²) >= 11 is 7.71. The molecule has 0 unspecified atom stereocenters. The summed E-state index contributed by atoms with van der Waals surface area (Å²) in [6.07, 6.45) is 3.33. The van der Waals surface area contributed by atoms with Gasteiger partial charge in [-0.2, -0.15) is 0 Å². The van der Waals surface area contributed by atoms with Gasteiger partial charge < -0.3 is 20.0 Å². The minimum atomic E-state index is -1.26. The second-order valence-corrected chi connectivity index (χ2v) is 8.72. The van der Waals surface area contributed by atoms with Crippen LogP contribution in [0.4, 0.5) is 4.39 Å². The first-order valence-electron chi connectivity index (χ1n) is 9.80. The van der Waals surface area contributed by atoms with Gasteiger partial charge in [-0.15, -0.1) is 0 Å². The van der Waals surface area contributed by atoms with E-state index in [0.29, 0.717) is 12.2 Å². The second kappa shape index (κ2) is 10.7. The molecule has 0 amide bonds. The van der Waals surface area contributed by atoms with Crippen LogP contribution in [0.25, 0.3) is 11.8 Å². The Morgan fingerprint density at radius 1 is 1.03 bits per heavy atom. The molecule has 0 aliphatic carbocycles. The normalized spacial score (nSPS) is 15.7. The summed E-state index contributed by atoms with van der Waals surface area (Å²) in [7, 11) is 2.14. The topological polar surface area (TPSA) is 81.1 Å². The number of carboxylic acids is 2. The molecular formula is C23H22ClFN2O4S. The molecule has 0 saturated carbocycles. The number of halogens is 2. The van der Waals surface area contributed by atoms with Crippen LogP contribution in [-0.4, -0.2) is 65.2 Å². The Morgan fingerprint density at radius 2 is 1.66 bits per heavy atom. The summed E-state index contributed by atoms with van der Waals surface area (Å²) < 4.78 is 14.1. The molecule has 2 aromatic carbocycles. The van der Waals surface area contributed by atoms with Crippen molar-refractivity contribution in [3.05, 3.63) is 70.5 Å². The number of piperazine rings is 1. The summed E-state index contributed by atoms with van der Waals surface area (Å²) in [6.45, 7) is 3.97. The maximum Gasteiger partial charge on any atom is 0.328 e. The number of carboxylic acid groups (broad SMARTS) is 2. The predicted octanol–water partition coefficient (Wildman–Crippen LogP) is 4.40. The summed E-state index contributed by atoms with van der Waals surface area (Å²) in [4.78, 5) is 25.9. The summed E-state index contributed by atoms with van der Waals surface area (Å²) in [5, 5.41) is 15.8. The average Bonchev–Trinajstić information content (AvgIpc) is 2.90. The van der Waals surface area contributed by atoms with Crippen molar-refractivity contribution in [2.24, 2.45) is 0 Å². The number of nitrogens with zero attached hydrogens (tertiary/aromatic N) is 2. The van der Waals surface area contributed by atoms with Crippen LogP contribution in [0.15, 0.2) is 58.3 Å². The minimum absolute atomic E-state index is 0.181. The average molecular weight is 477 g/mol. The Bertz CT molecular complexity index is 1070. The Hall–Kier alpha value is -2.81. The fraction of sp³-hybridized carbons (Fsp3) is 0.217. The van der Waals surface area contributed by atoms with Crippen LogP contribution in [0.1, 0.15) is 11.1 Å². The lowest BCUT2D eigenvalue weighted by atomic mass is 10.1. The van der Waals surface area contributed by atoms with E-state index in [1.54, 1.807) is 23.9 Å². The van der Waals surface area contributed by atoms with Gasteiger partial charge in [0.15, 0.2) is 0 Å². The van der Waals surface area contributed by atoms with Crippen LogP contribution in [0.3, 0.4) is 0 Å². The van der Waals surface area contributed by atoms with E-state index in [4.69, 9.17) is 21.8 Å². The molecule has 2 aliphatic heterocycles. The van der Waals surface area contributed by atoms with Crippen molar-refractivity contribution in [3.63, 3.8) is 0 Å². The molecule has 0 bridgehead atoms. The Balaban J connectivity index is 0.000000312. The predicted molar refractivity (Wildman–Crippen MR) is 123 cm³/mol. The molecular weight excluding hydrogens is 455 g/mol. The third kappa shape index (κ3) is 6.12. The van der Waals surface area contributed by atoms with Gasteiger partial charge in [-0.3, -0.25) is 0 Å². The smallest absolute Gasteiger partial charge is 0.328 e. The maximum absolute atomic E-state index is 14.1. The van der Waals surface area contributed by atoms with E-state index in [-0.39, 0.29) is 10.8 Å². The van der Waals surface area contributed by atoms with Gasteiger partial charge in [-0.1, -0.05) is 41.6 Å². The molecule has 0 radical (unpaired) electrons. The number of likely N-dealkylation sites (N-methyl/N-ethyl adjacent to an activating group) is 1. The molecule has 0 aromatic heterocycles. The first kappa shape index (κ1) is 23.8. The van der Waals surface area contributed by atoms with Crippen LogP contribution >= 0.6 is 23.4 Å². The highest BCUT2D eigenvalue weighted by Gasteiger charge is 2.24. The lowest BCUT2D eigenvalue weighted by Crippen LogP contribution is -2.43. The van der Waals surface area contributed by atoms with Gasteiger partial charge in [0.25, 0.3) is 0 Å². The Morgan fingerprint density at radius 3 is 2.28 bits per heavy atom. The first-order chi connectivity index (χ1) is 15.2. The summed E-state index contributed by atoms with van der Waals surface area (Å²) in [5.74, 6) is -2.88. The molecule has 9 heteroatoms. The maximum atomic E-state index is 14.1. The number of rotatable bonds is 3. The molecule has 2 heterocycles. The van der Waals surface area contributed by atoms with Crippen LogP contribution in [0, 0.1) is 5.82 Å². The van der Waals surface area contributed by atoms with E-state index in [1.807, 2.05) is 12.1 Å². The number of aliphatic carboxylic acids is 2. The lowest BCUT2D eigenvalue weighted by Gasteiger charge is -2.36. The summed E-state index contributed by atoms with van der Waals surface area (Å²) in [6, 6.07) is 11.6. The molecule has 168 valence electrons. The van der Waals surface area contributed by atoms with Gasteiger partial charge >= 0.3 is 11.9 Å². The van der Waals surface area contributed by atoms with Gasteiger partial charge in [-0.25, -0.2) is 14.0 Å². The highest BCUT2D eigenvalue weighted by atomic mass is 35.5. The van der Waals surface area contributed by atoms with Crippen molar-refractivity contribution in [1.82, 2.24) is 9.80 Å². The van der Waals surface area contributed by atoms with Crippen molar-refractivity contribution in [1.29, 1.82) is 0 Å². The van der Waals surface area contributed by atoms with Crippen LogP contribution < -0.4 is 0 Å². The van der Waals surface area contributed by atoms with Crippen molar-refractivity contribution in [3.8, 4) is 0 Å². The van der Waals surface area contributed by atoms with Crippen LogP contribution in [-0.2, 0) is 9.59 Å². The van der Waals surface area contributed by atoms with E-state index < -0.39 is 11.9 Å². The van der Waals surface area contributed by atoms with Gasteiger partial charge in [0.05, 0.1) is 5.02 Å². The number of carbonyl (C=O) groups is 2. The molecule has 2 N–H and O–H groups in total. The number of fused-ring (bicyclic) bond motifs is 2. The van der Waals surface area contributed by atoms with E-state index >= 15 is 0 Å². The van der Waals surface area contributed by atoms with Gasteiger partial charge in [0.2, 0.25) is 0 Å². The molecule has 32 heavy (non-hydrogen) atoms. The molecule has 0 atom stereocenters. The fourth-order valence-corrected chi connectivity index (χ4v) is 4.53. The van der Waals surface area contributed by atoms with Crippen molar-refractivity contribution >= 4 is 47.1 Å². The highest BCUT2D eigenvalue weighted by Crippen LogP contribution is 2.43. The SMILES string of the molecule is CN1CCN(C2=Cc3ccccc3Sc3cc(F)c(Cl)cc32)CC1.O=C(O)/C=C/C(=O)O. The van der Waals surface area contributed by atoms with Crippen molar-refractivity contribution < 1.29 is 24.2 Å². The molecule has 4 rings (SSSR count). The third-order valence-electron chi connectivity index (χ3n) is 4.94. The van der Waals surface area contributed by atoms with Crippen molar-refractivity contribution in [2.75, 3.05) is 33.2 Å². The van der Waals surface area contributed by atoms with E-state index in [0.717, 1.165) is 47.2 Å². The first-order valence-corrected chi connectivity index (χ1v) is 11.0. The Labute approximate surface area is 194 Å². The highest BCUT2D eigenvalue weighted by molar-refractivity contribution is 7.99. The van der Waals surface area contributed by atoms with E-state index in [1.165, 1.54) is 5.56 Å². The number of hydrogen-bond donors (Lipinski definition) is 2. The number of benzene rings is 2. The third-order valence-corrected chi connectivity index (χ3v) is 6.38. The molecule has 2 aliphatic rings. The zero-order valence-corrected chi connectivity index (χ0v) is 18.9. The Kier molecular flexibility index (Phi) is 7.95. The van der Waals surface area contributed by atoms with Crippen LogP contribution in [0.5, 0.6) is 0 Å². The second-order valence-electron chi connectivity index (χ2n) is 7.23. The van der Waals surface area contributed by atoms with Gasteiger partial charge in [0, 0.05) is 59.4 Å². The van der Waals surface area contributed by atoms with Crippen LogP contribution in [0.2, 0.25) is 5.02 Å². The quantitative estimate of drug-likeness (QED) is 0.635. The monoisotopic (exact) mass is 476 g/mol. The number of hydrogen-bond acceptors (Lipinski definition) is 5. The molecule has 1 fully saturated rings. The molecule has 6 nitrogen and oxygen atoms in total. The fourth-order valence-electron chi connectivity index (χ4n) is 3.30. The van der Waals surface area contributed by atoms with E-state index in [9.17, 15) is 14.0 Å². The lowest BCUT2D eigenvalue weighted by molar-refractivity contribution is -0.134. The molecule has 1 saturated heterocycles. The van der Waals surface area contributed by atoms with Gasteiger partial charge in [0.1, 0.15) is 5.82 Å². The molecule has 0 spiro atoms. The van der Waals surface area contributed by atoms with Crippen molar-refractivity contribution in [2.45, 2.75) is 9.79 Å².